The van der Waals surface area contributed by atoms with Crippen molar-refractivity contribution >= 4 is 5.91 Å². The summed E-state index contributed by atoms with van der Waals surface area (Å²) in [4.78, 5) is 14.3. The van der Waals surface area contributed by atoms with Crippen molar-refractivity contribution in [2.45, 2.75) is 58.0 Å². The summed E-state index contributed by atoms with van der Waals surface area (Å²) in [6.45, 7) is 3.44. The highest BCUT2D eigenvalue weighted by molar-refractivity contribution is 5.86. The van der Waals surface area contributed by atoms with Gasteiger partial charge in [-0.3, -0.25) is 4.79 Å². The number of hydrogen-bond donors (Lipinski definition) is 0. The molecule has 0 radical (unpaired) electrons. The van der Waals surface area contributed by atoms with E-state index < -0.39 is 17.7 Å². The van der Waals surface area contributed by atoms with Crippen LogP contribution in [0.25, 0.3) is 0 Å². The molecular formula is C17H20F3NO. The molecule has 22 heavy (non-hydrogen) atoms. The zero-order valence-electron chi connectivity index (χ0n) is 12.8. The Bertz CT molecular complexity index is 583. The summed E-state index contributed by atoms with van der Waals surface area (Å²) in [5, 5.41) is 0. The quantitative estimate of drug-likeness (QED) is 0.818. The molecule has 2 heterocycles. The summed E-state index contributed by atoms with van der Waals surface area (Å²) in [7, 11) is 0. The van der Waals surface area contributed by atoms with E-state index >= 15 is 0 Å². The predicted molar refractivity (Wildman–Crippen MR) is 77.1 cm³/mol. The maximum absolute atomic E-state index is 13.6. The van der Waals surface area contributed by atoms with Crippen molar-refractivity contribution in [2.24, 2.45) is 5.41 Å². The van der Waals surface area contributed by atoms with Gasteiger partial charge < -0.3 is 4.90 Å². The number of aryl methyl sites for hydroxylation is 1. The average molecular weight is 311 g/mol. The topological polar surface area (TPSA) is 20.3 Å². The fraction of sp³-hybridized carbons (Fsp3) is 0.588. The number of carbonyl (C=O) groups excluding carboxylic acids is 1. The number of amides is 1. The molecule has 0 aromatic heterocycles. The van der Waals surface area contributed by atoms with E-state index in [1.165, 1.54) is 12.1 Å². The molecule has 0 spiro atoms. The van der Waals surface area contributed by atoms with Gasteiger partial charge in [0.2, 0.25) is 5.91 Å². The lowest BCUT2D eigenvalue weighted by molar-refractivity contribution is -0.146. The number of benzene rings is 1. The van der Waals surface area contributed by atoms with Crippen LogP contribution in [0.5, 0.6) is 0 Å². The molecular weight excluding hydrogens is 291 g/mol. The van der Waals surface area contributed by atoms with E-state index in [1.807, 2.05) is 6.07 Å². The lowest BCUT2D eigenvalue weighted by Gasteiger charge is -2.29. The Morgan fingerprint density at radius 1 is 1.32 bits per heavy atom. The number of halogens is 3. The number of fused-ring (bicyclic) bond motifs is 1. The van der Waals surface area contributed by atoms with E-state index in [4.69, 9.17) is 0 Å². The Kier molecular flexibility index (Phi) is 3.69. The molecule has 0 bridgehead atoms. The number of alkyl halides is 2. The second kappa shape index (κ2) is 5.28. The Morgan fingerprint density at radius 3 is 2.64 bits per heavy atom. The smallest absolute Gasteiger partial charge is 0.252 e. The van der Waals surface area contributed by atoms with Crippen LogP contribution in [-0.2, 0) is 4.79 Å². The minimum atomic E-state index is -2.65. The third kappa shape index (κ3) is 2.13. The molecule has 2 fully saturated rings. The van der Waals surface area contributed by atoms with Crippen LogP contribution < -0.4 is 0 Å². The molecule has 3 rings (SSSR count). The van der Waals surface area contributed by atoms with E-state index in [2.05, 4.69) is 0 Å². The van der Waals surface area contributed by atoms with Gasteiger partial charge in [0.25, 0.3) is 6.43 Å². The molecule has 2 aliphatic rings. The summed E-state index contributed by atoms with van der Waals surface area (Å²) < 4.78 is 40.7. The Hall–Kier alpha value is -1.52. The van der Waals surface area contributed by atoms with Crippen molar-refractivity contribution in [1.82, 2.24) is 4.90 Å². The van der Waals surface area contributed by atoms with Crippen LogP contribution in [0.1, 0.15) is 49.8 Å². The van der Waals surface area contributed by atoms with Gasteiger partial charge in [0.05, 0.1) is 6.04 Å². The summed E-state index contributed by atoms with van der Waals surface area (Å²) >= 11 is 0. The van der Waals surface area contributed by atoms with E-state index in [0.717, 1.165) is 11.1 Å². The maximum atomic E-state index is 13.6. The lowest BCUT2D eigenvalue weighted by atomic mass is 9.81. The first-order chi connectivity index (χ1) is 10.4. The third-order valence-corrected chi connectivity index (χ3v) is 5.26. The fourth-order valence-electron chi connectivity index (χ4n) is 4.07. The van der Waals surface area contributed by atoms with Gasteiger partial charge in [0.1, 0.15) is 11.2 Å². The minimum absolute atomic E-state index is 0.143. The summed E-state index contributed by atoms with van der Waals surface area (Å²) in [6.07, 6.45) is -0.871. The Labute approximate surface area is 128 Å². The van der Waals surface area contributed by atoms with E-state index in [1.54, 1.807) is 18.7 Å². The SMILES string of the molecule is CCC1(C(F)F)C[C@@H]2CCC(c3cc(C)cc(F)c3)N2C1=O. The third-order valence-electron chi connectivity index (χ3n) is 5.26. The van der Waals surface area contributed by atoms with Crippen LogP contribution in [-0.4, -0.2) is 23.3 Å². The van der Waals surface area contributed by atoms with Crippen molar-refractivity contribution < 1.29 is 18.0 Å². The highest BCUT2D eigenvalue weighted by Crippen LogP contribution is 2.52. The largest absolute Gasteiger partial charge is 0.332 e. The van der Waals surface area contributed by atoms with Crippen molar-refractivity contribution in [3.8, 4) is 0 Å². The van der Waals surface area contributed by atoms with Crippen molar-refractivity contribution in [2.75, 3.05) is 0 Å². The molecule has 2 saturated heterocycles. The molecule has 2 aliphatic heterocycles. The second-order valence-corrected chi connectivity index (χ2v) is 6.54. The van der Waals surface area contributed by atoms with Crippen molar-refractivity contribution in [3.05, 3.63) is 35.1 Å². The van der Waals surface area contributed by atoms with Gasteiger partial charge in [0, 0.05) is 6.04 Å². The maximum Gasteiger partial charge on any atom is 0.252 e. The summed E-state index contributed by atoms with van der Waals surface area (Å²) in [6, 6.07) is 4.27. The van der Waals surface area contributed by atoms with E-state index in [0.29, 0.717) is 12.8 Å². The molecule has 0 saturated carbocycles. The molecule has 2 nitrogen and oxygen atoms in total. The van der Waals surface area contributed by atoms with Crippen molar-refractivity contribution in [3.63, 3.8) is 0 Å². The monoisotopic (exact) mass is 311 g/mol. The molecule has 0 N–H and O–H groups in total. The normalized spacial score (nSPS) is 31.2. The Morgan fingerprint density at radius 2 is 2.05 bits per heavy atom. The van der Waals surface area contributed by atoms with E-state index in [-0.39, 0.29) is 30.7 Å². The zero-order chi connectivity index (χ0) is 16.1. The molecule has 2 unspecified atom stereocenters. The highest BCUT2D eigenvalue weighted by Gasteiger charge is 2.59. The predicted octanol–water partition coefficient (Wildman–Crippen LogP) is 4.23. The molecule has 3 atom stereocenters. The molecule has 1 amide bonds. The van der Waals surface area contributed by atoms with E-state index in [9.17, 15) is 18.0 Å². The van der Waals surface area contributed by atoms with Gasteiger partial charge in [-0.1, -0.05) is 13.0 Å². The standard InChI is InChI=1S/C17H20F3NO/c1-3-17(15(19)20)9-13-4-5-14(21(13)16(17)22)11-6-10(2)7-12(18)8-11/h6-8,13-15H,3-5,9H2,1-2H3/t13-,14?,17?/m0/s1. The average Bonchev–Trinajstić information content (AvgIpc) is 2.96. The van der Waals surface area contributed by atoms with Crippen LogP contribution in [0.2, 0.25) is 0 Å². The summed E-state index contributed by atoms with van der Waals surface area (Å²) in [5.74, 6) is -0.805. The van der Waals surface area contributed by atoms with Crippen LogP contribution in [0.4, 0.5) is 13.2 Å². The molecule has 120 valence electrons. The minimum Gasteiger partial charge on any atom is -0.332 e. The lowest BCUT2D eigenvalue weighted by Crippen LogP contribution is -2.40. The number of hydrogen-bond acceptors (Lipinski definition) is 1. The highest BCUT2D eigenvalue weighted by atomic mass is 19.3. The molecule has 5 heteroatoms. The first kappa shape index (κ1) is 15.4. The van der Waals surface area contributed by atoms with Gasteiger partial charge in [-0.15, -0.1) is 0 Å². The van der Waals surface area contributed by atoms with Crippen LogP contribution >= 0.6 is 0 Å². The second-order valence-electron chi connectivity index (χ2n) is 6.54. The van der Waals surface area contributed by atoms with Crippen LogP contribution in [0, 0.1) is 18.2 Å². The molecule has 1 aromatic rings. The van der Waals surface area contributed by atoms with Crippen LogP contribution in [0.3, 0.4) is 0 Å². The summed E-state index contributed by atoms with van der Waals surface area (Å²) in [5.41, 5.74) is -0.0543. The Balaban J connectivity index is 1.96. The first-order valence-electron chi connectivity index (χ1n) is 7.77. The number of carbonyl (C=O) groups is 1. The van der Waals surface area contributed by atoms with Gasteiger partial charge in [0.15, 0.2) is 0 Å². The van der Waals surface area contributed by atoms with Gasteiger partial charge in [-0.25, -0.2) is 13.2 Å². The van der Waals surface area contributed by atoms with Crippen LogP contribution in [0.15, 0.2) is 18.2 Å². The van der Waals surface area contributed by atoms with Crippen molar-refractivity contribution in [1.29, 1.82) is 0 Å². The fourth-order valence-corrected chi connectivity index (χ4v) is 4.07. The zero-order valence-corrected chi connectivity index (χ0v) is 12.8. The number of nitrogens with zero attached hydrogens (tertiary/aromatic N) is 1. The molecule has 0 aliphatic carbocycles. The molecule has 1 aromatic carbocycles. The number of rotatable bonds is 3. The van der Waals surface area contributed by atoms with Gasteiger partial charge in [-0.2, -0.15) is 0 Å². The van der Waals surface area contributed by atoms with Gasteiger partial charge >= 0.3 is 0 Å². The first-order valence-corrected chi connectivity index (χ1v) is 7.77. The van der Waals surface area contributed by atoms with Gasteiger partial charge in [-0.05, 0) is 55.9 Å².